The molecule has 3 atom stereocenters. The molecule has 3 aromatic rings. The number of nitrogens with zero attached hydrogens (tertiary/aromatic N) is 2. The fourth-order valence-corrected chi connectivity index (χ4v) is 6.62. The molecule has 45 heavy (non-hydrogen) atoms. The Morgan fingerprint density at radius 2 is 1.44 bits per heavy atom. The Labute approximate surface area is 266 Å². The van der Waals surface area contributed by atoms with Crippen molar-refractivity contribution < 1.29 is 33.3 Å². The maximum absolute atomic E-state index is 14.8. The van der Waals surface area contributed by atoms with Gasteiger partial charge in [0, 0.05) is 29.7 Å². The second-order valence-corrected chi connectivity index (χ2v) is 12.6. The highest BCUT2D eigenvalue weighted by Crippen LogP contribution is 2.51. The molecule has 240 valence electrons. The first-order valence-electron chi connectivity index (χ1n) is 15.4. The second-order valence-electron chi connectivity index (χ2n) is 12.6. The summed E-state index contributed by atoms with van der Waals surface area (Å²) < 4.78 is 30.0. The Bertz CT molecular complexity index is 1500. The molecule has 2 aliphatic rings. The summed E-state index contributed by atoms with van der Waals surface area (Å²) in [5.41, 5.74) is 3.79. The monoisotopic (exact) mass is 616 g/mol. The molecule has 2 aliphatic heterocycles. The highest BCUT2D eigenvalue weighted by molar-refractivity contribution is 5.89. The van der Waals surface area contributed by atoms with Crippen LogP contribution in [0, 0.1) is 6.92 Å². The van der Waals surface area contributed by atoms with Crippen molar-refractivity contribution in [3.05, 3.63) is 88.5 Å². The zero-order valence-corrected chi connectivity index (χ0v) is 27.3. The highest BCUT2D eigenvalue weighted by atomic mass is 16.6. The normalized spacial score (nSPS) is 19.4. The van der Waals surface area contributed by atoms with E-state index in [0.29, 0.717) is 43.2 Å². The van der Waals surface area contributed by atoms with Crippen LogP contribution in [0.4, 0.5) is 4.79 Å². The third kappa shape index (κ3) is 6.59. The minimum atomic E-state index is -0.767. The lowest BCUT2D eigenvalue weighted by Crippen LogP contribution is -2.66. The van der Waals surface area contributed by atoms with Crippen LogP contribution in [-0.2, 0) is 33.7 Å². The van der Waals surface area contributed by atoms with Gasteiger partial charge in [-0.15, -0.1) is 0 Å². The fourth-order valence-electron chi connectivity index (χ4n) is 6.62. The first-order chi connectivity index (χ1) is 21.6. The average molecular weight is 617 g/mol. The largest absolute Gasteiger partial charge is 0.496 e. The van der Waals surface area contributed by atoms with Crippen molar-refractivity contribution in [1.82, 2.24) is 9.80 Å². The molecule has 0 aliphatic carbocycles. The van der Waals surface area contributed by atoms with Crippen LogP contribution in [0.25, 0.3) is 0 Å². The molecule has 0 aromatic heterocycles. The van der Waals surface area contributed by atoms with Gasteiger partial charge in [-0.25, -0.2) is 4.79 Å². The van der Waals surface area contributed by atoms with Crippen LogP contribution in [-0.4, -0.2) is 74.0 Å². The van der Waals surface area contributed by atoms with Crippen molar-refractivity contribution in [1.29, 1.82) is 0 Å². The van der Waals surface area contributed by atoms with E-state index in [0.717, 1.165) is 27.8 Å². The van der Waals surface area contributed by atoms with E-state index in [4.69, 9.17) is 23.7 Å². The van der Waals surface area contributed by atoms with Gasteiger partial charge in [-0.1, -0.05) is 60.7 Å². The van der Waals surface area contributed by atoms with Crippen molar-refractivity contribution >= 4 is 12.0 Å². The molecule has 0 unspecified atom stereocenters. The lowest BCUT2D eigenvalue weighted by Gasteiger charge is -2.51. The Hall–Kier alpha value is -4.24. The standard InChI is InChI=1S/C36H44N2O7/c1-23-31(41-5)27-19-26-20-37(35(40)45-36(2,3)4)28(18-24-14-10-8-11-15-24)34(39)38(26)29(30(27)33(43-7)32(23)42-6)22-44-21-25-16-12-9-13-17-25/h8-17,26,28-29H,18-22H2,1-7H3/t26-,28-,29-/m0/s1. The molecule has 2 amide bonds. The molecule has 0 bridgehead atoms. The number of methoxy groups -OCH3 is 3. The van der Waals surface area contributed by atoms with E-state index in [9.17, 15) is 9.59 Å². The molecule has 3 aromatic carbocycles. The number of fused-ring (bicyclic) bond motifs is 2. The van der Waals surface area contributed by atoms with Gasteiger partial charge < -0.3 is 28.6 Å². The van der Waals surface area contributed by atoms with Crippen LogP contribution < -0.4 is 14.2 Å². The molecule has 5 rings (SSSR count). The Balaban J connectivity index is 1.62. The van der Waals surface area contributed by atoms with E-state index >= 15 is 0 Å². The number of rotatable bonds is 9. The highest BCUT2D eigenvalue weighted by Gasteiger charge is 2.51. The second kappa shape index (κ2) is 13.4. The van der Waals surface area contributed by atoms with Gasteiger partial charge in [-0.05, 0) is 45.2 Å². The molecule has 1 fully saturated rings. The van der Waals surface area contributed by atoms with E-state index in [1.54, 1.807) is 26.2 Å². The number of ether oxygens (including phenoxy) is 5. The summed E-state index contributed by atoms with van der Waals surface area (Å²) in [4.78, 5) is 32.0. The lowest BCUT2D eigenvalue weighted by molar-refractivity contribution is -0.152. The smallest absolute Gasteiger partial charge is 0.411 e. The van der Waals surface area contributed by atoms with E-state index in [1.807, 2.05) is 93.3 Å². The van der Waals surface area contributed by atoms with Gasteiger partial charge >= 0.3 is 6.09 Å². The van der Waals surface area contributed by atoms with Crippen molar-refractivity contribution in [3.8, 4) is 17.2 Å². The zero-order valence-electron chi connectivity index (χ0n) is 27.3. The number of benzene rings is 3. The van der Waals surface area contributed by atoms with E-state index in [-0.39, 0.29) is 18.6 Å². The molecule has 0 saturated carbocycles. The third-order valence-electron chi connectivity index (χ3n) is 8.46. The number of hydrogen-bond acceptors (Lipinski definition) is 7. The maximum Gasteiger partial charge on any atom is 0.411 e. The topological polar surface area (TPSA) is 86.8 Å². The van der Waals surface area contributed by atoms with Gasteiger partial charge in [0.15, 0.2) is 11.5 Å². The van der Waals surface area contributed by atoms with Crippen molar-refractivity contribution in [2.24, 2.45) is 0 Å². The number of carbonyl (C=O) groups is 2. The van der Waals surface area contributed by atoms with Crippen molar-refractivity contribution in [3.63, 3.8) is 0 Å². The summed E-state index contributed by atoms with van der Waals surface area (Å²) in [5, 5.41) is 0. The van der Waals surface area contributed by atoms with Crippen LogP contribution in [0.3, 0.4) is 0 Å². The van der Waals surface area contributed by atoms with Gasteiger partial charge in [0.25, 0.3) is 0 Å². The summed E-state index contributed by atoms with van der Waals surface area (Å²) in [7, 11) is 4.85. The number of amides is 2. The zero-order chi connectivity index (χ0) is 32.3. The van der Waals surface area contributed by atoms with Gasteiger partial charge in [0.1, 0.15) is 17.4 Å². The predicted molar refractivity (Wildman–Crippen MR) is 171 cm³/mol. The van der Waals surface area contributed by atoms with Crippen LogP contribution in [0.5, 0.6) is 17.2 Å². The van der Waals surface area contributed by atoms with Crippen LogP contribution in [0.1, 0.15) is 54.6 Å². The molecule has 9 heteroatoms. The lowest BCUT2D eigenvalue weighted by atomic mass is 9.82. The van der Waals surface area contributed by atoms with E-state index in [2.05, 4.69) is 0 Å². The van der Waals surface area contributed by atoms with Crippen molar-refractivity contribution in [2.45, 2.75) is 70.9 Å². The van der Waals surface area contributed by atoms with Crippen molar-refractivity contribution in [2.75, 3.05) is 34.5 Å². The Kier molecular flexibility index (Phi) is 9.58. The van der Waals surface area contributed by atoms with Crippen LogP contribution in [0.2, 0.25) is 0 Å². The molecule has 1 saturated heterocycles. The minimum Gasteiger partial charge on any atom is -0.496 e. The molecule has 0 N–H and O–H groups in total. The first kappa shape index (κ1) is 32.2. The molecular formula is C36H44N2O7. The third-order valence-corrected chi connectivity index (χ3v) is 8.46. The van der Waals surface area contributed by atoms with Gasteiger partial charge in [-0.3, -0.25) is 9.69 Å². The average Bonchev–Trinajstić information content (AvgIpc) is 3.01. The Morgan fingerprint density at radius 3 is 2.02 bits per heavy atom. The maximum atomic E-state index is 14.8. The quantitative estimate of drug-likeness (QED) is 0.296. The summed E-state index contributed by atoms with van der Waals surface area (Å²) in [5.74, 6) is 1.62. The number of piperazine rings is 1. The molecule has 0 spiro atoms. The summed E-state index contributed by atoms with van der Waals surface area (Å²) in [6.07, 6.45) is 0.303. The molecule has 2 heterocycles. The molecule has 9 nitrogen and oxygen atoms in total. The fraction of sp³-hybridized carbons (Fsp3) is 0.444. The summed E-state index contributed by atoms with van der Waals surface area (Å²) >= 11 is 0. The summed E-state index contributed by atoms with van der Waals surface area (Å²) in [6.45, 7) is 8.31. The first-order valence-corrected chi connectivity index (χ1v) is 15.4. The van der Waals surface area contributed by atoms with E-state index < -0.39 is 23.8 Å². The van der Waals surface area contributed by atoms with Crippen LogP contribution >= 0.6 is 0 Å². The van der Waals surface area contributed by atoms with E-state index in [1.165, 1.54) is 0 Å². The Morgan fingerprint density at radius 1 is 0.844 bits per heavy atom. The minimum absolute atomic E-state index is 0.166. The van der Waals surface area contributed by atoms with Gasteiger partial charge in [-0.2, -0.15) is 0 Å². The molecular weight excluding hydrogens is 572 g/mol. The van der Waals surface area contributed by atoms with Gasteiger partial charge in [0.05, 0.1) is 46.6 Å². The number of hydrogen-bond donors (Lipinski definition) is 0. The summed E-state index contributed by atoms with van der Waals surface area (Å²) in [6, 6.07) is 18.0. The van der Waals surface area contributed by atoms with Crippen LogP contribution in [0.15, 0.2) is 60.7 Å². The molecule has 0 radical (unpaired) electrons. The predicted octanol–water partition coefficient (Wildman–Crippen LogP) is 5.89. The number of carbonyl (C=O) groups excluding carboxylic acids is 2. The van der Waals surface area contributed by atoms with Gasteiger partial charge in [0.2, 0.25) is 5.91 Å². The SMILES string of the molecule is COc1c(C)c(OC)c(OC)c2c1C[C@H]1CN(C(=O)OC(C)(C)C)[C@@H](Cc3ccccc3)C(=O)N1[C@H]2COCc1ccccc1.